The molecule has 3 aromatic rings. The van der Waals surface area contributed by atoms with E-state index in [9.17, 15) is 0 Å². The fourth-order valence-electron chi connectivity index (χ4n) is 2.99. The van der Waals surface area contributed by atoms with Gasteiger partial charge in [0, 0.05) is 16.7 Å². The summed E-state index contributed by atoms with van der Waals surface area (Å²) in [7, 11) is 0. The molecular formula is C22H18N2. The van der Waals surface area contributed by atoms with Crippen LogP contribution in [0, 0.1) is 0 Å². The summed E-state index contributed by atoms with van der Waals surface area (Å²) in [6.45, 7) is 0. The fraction of sp³-hybridized carbons (Fsp3) is 0.0455. The van der Waals surface area contributed by atoms with Crippen LogP contribution in [0.3, 0.4) is 0 Å². The molecule has 0 atom stereocenters. The van der Waals surface area contributed by atoms with Crippen LogP contribution in [0.2, 0.25) is 0 Å². The molecule has 24 heavy (non-hydrogen) atoms. The Bertz CT molecular complexity index is 852. The van der Waals surface area contributed by atoms with Crippen LogP contribution in [0.15, 0.2) is 90.0 Å². The second-order valence-electron chi connectivity index (χ2n) is 5.79. The number of fused-ring (bicyclic) bond motifs is 1. The van der Waals surface area contributed by atoms with Crippen molar-refractivity contribution in [3.8, 4) is 0 Å². The molecule has 0 fully saturated rings. The molecule has 0 spiro atoms. The maximum Gasteiger partial charge on any atom is 0.0977 e. The minimum atomic E-state index is 0.941. The van der Waals surface area contributed by atoms with E-state index in [0.717, 1.165) is 28.9 Å². The minimum absolute atomic E-state index is 0.941. The van der Waals surface area contributed by atoms with Crippen LogP contribution in [0.5, 0.6) is 0 Å². The maximum absolute atomic E-state index is 4.74. The summed E-state index contributed by atoms with van der Waals surface area (Å²) in [5.41, 5.74) is 10.0. The van der Waals surface area contributed by atoms with Crippen molar-refractivity contribution in [1.29, 1.82) is 0 Å². The lowest BCUT2D eigenvalue weighted by molar-refractivity contribution is 1.27. The number of anilines is 1. The zero-order valence-corrected chi connectivity index (χ0v) is 13.3. The Morgan fingerprint density at radius 1 is 0.750 bits per heavy atom. The minimum Gasteiger partial charge on any atom is -0.277 e. The lowest BCUT2D eigenvalue weighted by Crippen LogP contribution is -2.07. The van der Waals surface area contributed by atoms with Gasteiger partial charge in [-0.2, -0.15) is 5.10 Å². The van der Waals surface area contributed by atoms with Crippen molar-refractivity contribution >= 4 is 17.5 Å². The zero-order chi connectivity index (χ0) is 16.2. The third-order valence-corrected chi connectivity index (χ3v) is 4.20. The Morgan fingerprint density at radius 3 is 2.08 bits per heavy atom. The largest absolute Gasteiger partial charge is 0.277 e. The van der Waals surface area contributed by atoms with Crippen molar-refractivity contribution in [2.24, 2.45) is 5.10 Å². The lowest BCUT2D eigenvalue weighted by atomic mass is 10.0. The van der Waals surface area contributed by atoms with Crippen LogP contribution in [-0.4, -0.2) is 5.71 Å². The third kappa shape index (κ3) is 2.86. The van der Waals surface area contributed by atoms with Crippen LogP contribution >= 0.6 is 0 Å². The number of hydrogen-bond donors (Lipinski definition) is 1. The maximum atomic E-state index is 4.74. The highest BCUT2D eigenvalue weighted by molar-refractivity contribution is 6.13. The van der Waals surface area contributed by atoms with Gasteiger partial charge in [0.25, 0.3) is 0 Å². The zero-order valence-electron chi connectivity index (χ0n) is 13.3. The van der Waals surface area contributed by atoms with Crippen molar-refractivity contribution in [3.63, 3.8) is 0 Å². The predicted octanol–water partition coefficient (Wildman–Crippen LogP) is 5.12. The summed E-state index contributed by atoms with van der Waals surface area (Å²) in [5.74, 6) is 0. The lowest BCUT2D eigenvalue weighted by Gasteiger charge is -2.11. The molecule has 4 rings (SSSR count). The smallest absolute Gasteiger partial charge is 0.0977 e. The Labute approximate surface area is 142 Å². The Balaban J connectivity index is 1.73. The van der Waals surface area contributed by atoms with Crippen LogP contribution in [0.1, 0.15) is 22.3 Å². The first kappa shape index (κ1) is 14.5. The molecule has 2 heteroatoms. The molecule has 0 unspecified atom stereocenters. The van der Waals surface area contributed by atoms with E-state index in [4.69, 9.17) is 5.10 Å². The summed E-state index contributed by atoms with van der Waals surface area (Å²) in [5, 5.41) is 4.74. The molecule has 0 aromatic heterocycles. The van der Waals surface area contributed by atoms with E-state index in [1.54, 1.807) is 0 Å². The van der Waals surface area contributed by atoms with Crippen LogP contribution < -0.4 is 5.43 Å². The Hall–Kier alpha value is -3.13. The standard InChI is InChI=1S/C22H18N2/c1-3-9-18(10-4-1)22(19-11-5-2-6-12-19)24-23-21-16-8-14-17-13-7-15-20(17)21/h1-12,14-16,23H,13H2. The monoisotopic (exact) mass is 310 g/mol. The van der Waals surface area contributed by atoms with Gasteiger partial charge in [-0.25, -0.2) is 0 Å². The molecule has 0 saturated heterocycles. The van der Waals surface area contributed by atoms with Gasteiger partial charge >= 0.3 is 0 Å². The average Bonchev–Trinajstić information content (AvgIpc) is 3.13. The number of nitrogens with one attached hydrogen (secondary N) is 1. The summed E-state index contributed by atoms with van der Waals surface area (Å²) >= 11 is 0. The van der Waals surface area contributed by atoms with Gasteiger partial charge in [0.15, 0.2) is 0 Å². The molecule has 1 N–H and O–H groups in total. The number of allylic oxidation sites excluding steroid dienone is 1. The molecular weight excluding hydrogens is 292 g/mol. The number of hydrazone groups is 1. The second kappa shape index (κ2) is 6.55. The normalized spacial score (nSPS) is 11.8. The highest BCUT2D eigenvalue weighted by atomic mass is 15.3. The Kier molecular flexibility index (Phi) is 3.95. The molecule has 1 aliphatic carbocycles. The Morgan fingerprint density at radius 2 is 1.42 bits per heavy atom. The van der Waals surface area contributed by atoms with Crippen LogP contribution in [0.4, 0.5) is 5.69 Å². The van der Waals surface area contributed by atoms with Crippen LogP contribution in [-0.2, 0) is 6.42 Å². The van der Waals surface area contributed by atoms with Gasteiger partial charge in [-0.05, 0) is 18.1 Å². The van der Waals surface area contributed by atoms with Gasteiger partial charge < -0.3 is 0 Å². The van der Waals surface area contributed by atoms with E-state index in [0.29, 0.717) is 0 Å². The van der Waals surface area contributed by atoms with Crippen molar-refractivity contribution < 1.29 is 0 Å². The fourth-order valence-corrected chi connectivity index (χ4v) is 2.99. The van der Waals surface area contributed by atoms with Crippen molar-refractivity contribution in [3.05, 3.63) is 107 Å². The van der Waals surface area contributed by atoms with Gasteiger partial charge in [0.05, 0.1) is 11.4 Å². The van der Waals surface area contributed by atoms with E-state index in [1.807, 2.05) is 36.4 Å². The van der Waals surface area contributed by atoms with Crippen molar-refractivity contribution in [2.75, 3.05) is 5.43 Å². The topological polar surface area (TPSA) is 24.4 Å². The number of nitrogens with zero attached hydrogens (tertiary/aromatic N) is 1. The summed E-state index contributed by atoms with van der Waals surface area (Å²) in [4.78, 5) is 0. The van der Waals surface area contributed by atoms with E-state index in [1.165, 1.54) is 11.1 Å². The second-order valence-corrected chi connectivity index (χ2v) is 5.79. The molecule has 0 aliphatic heterocycles. The molecule has 116 valence electrons. The third-order valence-electron chi connectivity index (χ3n) is 4.20. The predicted molar refractivity (Wildman–Crippen MR) is 101 cm³/mol. The van der Waals surface area contributed by atoms with Crippen molar-refractivity contribution in [1.82, 2.24) is 0 Å². The highest BCUT2D eigenvalue weighted by Gasteiger charge is 2.10. The quantitative estimate of drug-likeness (QED) is 0.525. The molecule has 3 aromatic carbocycles. The molecule has 1 aliphatic rings. The summed E-state index contributed by atoms with van der Waals surface area (Å²) < 4.78 is 0. The van der Waals surface area contributed by atoms with Crippen LogP contribution in [0.25, 0.3) is 6.08 Å². The van der Waals surface area contributed by atoms with E-state index < -0.39 is 0 Å². The first-order valence-corrected chi connectivity index (χ1v) is 8.15. The molecule has 2 nitrogen and oxygen atoms in total. The number of hydrogen-bond acceptors (Lipinski definition) is 2. The van der Waals surface area contributed by atoms with E-state index in [2.05, 4.69) is 60.0 Å². The number of benzene rings is 3. The summed E-state index contributed by atoms with van der Waals surface area (Å²) in [6, 6.07) is 26.9. The van der Waals surface area contributed by atoms with Gasteiger partial charge in [-0.1, -0.05) is 84.9 Å². The first-order chi connectivity index (χ1) is 11.9. The number of rotatable bonds is 4. The molecule has 0 bridgehead atoms. The molecule has 0 amide bonds. The summed E-state index contributed by atoms with van der Waals surface area (Å²) in [6.07, 6.45) is 5.35. The van der Waals surface area contributed by atoms with Crippen molar-refractivity contribution in [2.45, 2.75) is 6.42 Å². The van der Waals surface area contributed by atoms with Gasteiger partial charge in [0.2, 0.25) is 0 Å². The average molecular weight is 310 g/mol. The van der Waals surface area contributed by atoms with E-state index in [-0.39, 0.29) is 0 Å². The van der Waals surface area contributed by atoms with Gasteiger partial charge in [0.1, 0.15) is 0 Å². The first-order valence-electron chi connectivity index (χ1n) is 8.15. The van der Waals surface area contributed by atoms with Gasteiger partial charge in [-0.15, -0.1) is 0 Å². The van der Waals surface area contributed by atoms with Gasteiger partial charge in [-0.3, -0.25) is 5.43 Å². The molecule has 0 heterocycles. The molecule has 0 saturated carbocycles. The highest BCUT2D eigenvalue weighted by Crippen LogP contribution is 2.27. The molecule has 0 radical (unpaired) electrons. The SMILES string of the molecule is C1=Cc2c(cccc2NN=C(c2ccccc2)c2ccccc2)C1. The van der Waals surface area contributed by atoms with E-state index >= 15 is 0 Å².